The van der Waals surface area contributed by atoms with Gasteiger partial charge in [0.05, 0.1) is 12.2 Å². The van der Waals surface area contributed by atoms with Crippen LogP contribution >= 0.6 is 0 Å². The predicted molar refractivity (Wildman–Crippen MR) is 62.8 cm³/mol. The maximum atomic E-state index is 9.79. The van der Waals surface area contributed by atoms with Gasteiger partial charge in [-0.2, -0.15) is 0 Å². The topological polar surface area (TPSA) is 40.5 Å². The molecule has 4 atom stereocenters. The molecular formula is C14H18O2. The minimum Gasteiger partial charge on any atom is -0.390 e. The molecule has 4 unspecified atom stereocenters. The molecule has 2 nitrogen and oxygen atoms in total. The second-order valence-electron chi connectivity index (χ2n) is 5.18. The summed E-state index contributed by atoms with van der Waals surface area (Å²) in [5.41, 5.74) is 2.74. The Morgan fingerprint density at radius 1 is 1.06 bits per heavy atom. The highest BCUT2D eigenvalue weighted by molar-refractivity contribution is 5.38. The molecule has 3 aliphatic rings. The highest BCUT2D eigenvalue weighted by atomic mass is 16.3. The van der Waals surface area contributed by atoms with Crippen LogP contribution in [-0.2, 0) is 0 Å². The van der Waals surface area contributed by atoms with Gasteiger partial charge in [-0.25, -0.2) is 0 Å². The molecule has 0 saturated heterocycles. The van der Waals surface area contributed by atoms with Gasteiger partial charge >= 0.3 is 0 Å². The van der Waals surface area contributed by atoms with Crippen LogP contribution in [0.15, 0.2) is 35.5 Å². The zero-order valence-electron chi connectivity index (χ0n) is 9.34. The quantitative estimate of drug-likeness (QED) is 0.652. The number of hydrogen-bond acceptors (Lipinski definition) is 2. The van der Waals surface area contributed by atoms with Crippen molar-refractivity contribution in [1.29, 1.82) is 0 Å². The molecule has 3 aliphatic carbocycles. The molecule has 2 heteroatoms. The van der Waals surface area contributed by atoms with Crippen LogP contribution in [0.1, 0.15) is 25.7 Å². The Bertz CT molecular complexity index is 378. The molecule has 0 spiro atoms. The Labute approximate surface area is 96.0 Å². The van der Waals surface area contributed by atoms with E-state index >= 15 is 0 Å². The third-order valence-electron chi connectivity index (χ3n) is 4.22. The lowest BCUT2D eigenvalue weighted by atomic mass is 9.66. The van der Waals surface area contributed by atoms with E-state index in [-0.39, 0.29) is 0 Å². The molecular weight excluding hydrogens is 200 g/mol. The Morgan fingerprint density at radius 2 is 1.94 bits per heavy atom. The molecule has 1 saturated carbocycles. The van der Waals surface area contributed by atoms with Gasteiger partial charge in [0, 0.05) is 0 Å². The molecule has 0 bridgehead atoms. The van der Waals surface area contributed by atoms with Crippen molar-refractivity contribution in [3.8, 4) is 0 Å². The fourth-order valence-electron chi connectivity index (χ4n) is 3.31. The van der Waals surface area contributed by atoms with Crippen molar-refractivity contribution in [2.24, 2.45) is 11.8 Å². The van der Waals surface area contributed by atoms with E-state index in [9.17, 15) is 10.2 Å². The van der Waals surface area contributed by atoms with Crippen LogP contribution in [0.5, 0.6) is 0 Å². The molecule has 0 aliphatic heterocycles. The molecule has 16 heavy (non-hydrogen) atoms. The molecule has 0 aromatic rings. The maximum absolute atomic E-state index is 9.79. The van der Waals surface area contributed by atoms with Gasteiger partial charge in [0.25, 0.3) is 0 Å². The van der Waals surface area contributed by atoms with Crippen molar-refractivity contribution in [2.45, 2.75) is 37.9 Å². The molecule has 0 radical (unpaired) electrons. The van der Waals surface area contributed by atoms with Gasteiger partial charge in [-0.05, 0) is 43.1 Å². The Hall–Kier alpha value is -0.860. The summed E-state index contributed by atoms with van der Waals surface area (Å²) in [5.74, 6) is 1.04. The Kier molecular flexibility index (Phi) is 2.49. The van der Waals surface area contributed by atoms with Gasteiger partial charge in [0.15, 0.2) is 0 Å². The van der Waals surface area contributed by atoms with Crippen LogP contribution in [0.3, 0.4) is 0 Å². The number of rotatable bonds is 0. The molecule has 0 aromatic heterocycles. The zero-order chi connectivity index (χ0) is 11.1. The first-order chi connectivity index (χ1) is 7.75. The predicted octanol–water partition coefficient (Wildman–Crippen LogP) is 1.95. The molecule has 0 amide bonds. The smallest absolute Gasteiger partial charge is 0.0836 e. The van der Waals surface area contributed by atoms with Crippen LogP contribution in [0.2, 0.25) is 0 Å². The van der Waals surface area contributed by atoms with Crippen molar-refractivity contribution in [3.05, 3.63) is 35.5 Å². The van der Waals surface area contributed by atoms with E-state index in [0.29, 0.717) is 18.3 Å². The average Bonchev–Trinajstić information content (AvgIpc) is 2.31. The number of aliphatic hydroxyl groups excluding tert-OH is 2. The summed E-state index contributed by atoms with van der Waals surface area (Å²) in [4.78, 5) is 0. The minimum atomic E-state index is -0.559. The van der Waals surface area contributed by atoms with E-state index in [0.717, 1.165) is 12.8 Å². The standard InChI is InChI=1S/C14H18O2/c15-13-7-10-6-5-9-3-1-2-4-11(9)12(10)8-14(13)16/h1,3,5-6,11-16H,2,4,7-8H2. The molecule has 1 fully saturated rings. The third kappa shape index (κ3) is 1.57. The van der Waals surface area contributed by atoms with Gasteiger partial charge in [-0.15, -0.1) is 0 Å². The normalized spacial score (nSPS) is 41.9. The van der Waals surface area contributed by atoms with Gasteiger partial charge in [0.1, 0.15) is 0 Å². The third-order valence-corrected chi connectivity index (χ3v) is 4.22. The summed E-state index contributed by atoms with van der Waals surface area (Å²) in [7, 11) is 0. The van der Waals surface area contributed by atoms with E-state index in [1.165, 1.54) is 17.6 Å². The van der Waals surface area contributed by atoms with E-state index < -0.39 is 12.2 Å². The van der Waals surface area contributed by atoms with Gasteiger partial charge in [-0.3, -0.25) is 0 Å². The largest absolute Gasteiger partial charge is 0.390 e. The van der Waals surface area contributed by atoms with Crippen molar-refractivity contribution in [1.82, 2.24) is 0 Å². The highest BCUT2D eigenvalue weighted by Gasteiger charge is 2.38. The fraction of sp³-hybridized carbons (Fsp3) is 0.571. The summed E-state index contributed by atoms with van der Waals surface area (Å²) < 4.78 is 0. The number of allylic oxidation sites excluding steroid dienone is 5. The Balaban J connectivity index is 1.91. The average molecular weight is 218 g/mol. The summed E-state index contributed by atoms with van der Waals surface area (Å²) >= 11 is 0. The minimum absolute atomic E-state index is 0.461. The van der Waals surface area contributed by atoms with Crippen molar-refractivity contribution < 1.29 is 10.2 Å². The molecule has 86 valence electrons. The lowest BCUT2D eigenvalue weighted by Crippen LogP contribution is -2.39. The number of aliphatic hydroxyl groups is 2. The van der Waals surface area contributed by atoms with Crippen molar-refractivity contribution in [2.75, 3.05) is 0 Å². The first-order valence-corrected chi connectivity index (χ1v) is 6.19. The van der Waals surface area contributed by atoms with E-state index in [1.54, 1.807) is 0 Å². The summed E-state index contributed by atoms with van der Waals surface area (Å²) in [5, 5.41) is 19.5. The number of hydrogen-bond donors (Lipinski definition) is 2. The first kappa shape index (κ1) is 10.3. The van der Waals surface area contributed by atoms with E-state index in [1.807, 2.05) is 0 Å². The van der Waals surface area contributed by atoms with Crippen LogP contribution < -0.4 is 0 Å². The molecule has 3 rings (SSSR count). The molecule has 2 N–H and O–H groups in total. The molecule has 0 aromatic carbocycles. The van der Waals surface area contributed by atoms with Crippen molar-refractivity contribution in [3.63, 3.8) is 0 Å². The lowest BCUT2D eigenvalue weighted by Gasteiger charge is -2.40. The van der Waals surface area contributed by atoms with Crippen LogP contribution in [0, 0.1) is 11.8 Å². The summed E-state index contributed by atoms with van der Waals surface area (Å²) in [6.45, 7) is 0. The second-order valence-corrected chi connectivity index (χ2v) is 5.18. The van der Waals surface area contributed by atoms with Crippen LogP contribution in [0.25, 0.3) is 0 Å². The zero-order valence-corrected chi connectivity index (χ0v) is 9.34. The Morgan fingerprint density at radius 3 is 2.81 bits per heavy atom. The van der Waals surface area contributed by atoms with Gasteiger partial charge in [-0.1, -0.05) is 29.9 Å². The summed E-state index contributed by atoms with van der Waals surface area (Å²) in [6.07, 6.45) is 11.4. The number of fused-ring (bicyclic) bond motifs is 3. The second kappa shape index (κ2) is 3.86. The van der Waals surface area contributed by atoms with E-state index in [2.05, 4.69) is 24.3 Å². The fourth-order valence-corrected chi connectivity index (χ4v) is 3.31. The monoisotopic (exact) mass is 218 g/mol. The highest BCUT2D eigenvalue weighted by Crippen LogP contribution is 2.44. The van der Waals surface area contributed by atoms with Gasteiger partial charge < -0.3 is 10.2 Å². The lowest BCUT2D eigenvalue weighted by molar-refractivity contribution is -0.0140. The van der Waals surface area contributed by atoms with Crippen LogP contribution in [-0.4, -0.2) is 22.4 Å². The van der Waals surface area contributed by atoms with Crippen LogP contribution in [0.4, 0.5) is 0 Å². The summed E-state index contributed by atoms with van der Waals surface area (Å²) in [6, 6.07) is 0. The first-order valence-electron chi connectivity index (χ1n) is 6.19. The molecule has 0 heterocycles. The van der Waals surface area contributed by atoms with Crippen molar-refractivity contribution >= 4 is 0 Å². The SMILES string of the molecule is OC1CC2=CC=C3C=CCCC3C2CC1O. The van der Waals surface area contributed by atoms with Gasteiger partial charge in [0.2, 0.25) is 0 Å². The maximum Gasteiger partial charge on any atom is 0.0836 e. The van der Waals surface area contributed by atoms with E-state index in [4.69, 9.17) is 0 Å².